The van der Waals surface area contributed by atoms with E-state index in [-0.39, 0.29) is 5.91 Å². The van der Waals surface area contributed by atoms with Gasteiger partial charge in [0.2, 0.25) is 5.91 Å². The Labute approximate surface area is 167 Å². The van der Waals surface area contributed by atoms with Gasteiger partial charge in [-0.2, -0.15) is 0 Å². The van der Waals surface area contributed by atoms with Gasteiger partial charge in [-0.05, 0) is 55.0 Å². The molecule has 0 fully saturated rings. The van der Waals surface area contributed by atoms with Crippen LogP contribution in [-0.2, 0) is 4.79 Å². The normalized spacial score (nSPS) is 10.6. The van der Waals surface area contributed by atoms with Gasteiger partial charge in [0.15, 0.2) is 5.13 Å². The number of nitrogens with zero attached hydrogens (tertiary/aromatic N) is 2. The van der Waals surface area contributed by atoms with Crippen LogP contribution in [0.3, 0.4) is 0 Å². The van der Waals surface area contributed by atoms with Crippen molar-refractivity contribution in [3.05, 3.63) is 54.2 Å². The molecule has 0 aliphatic heterocycles. The van der Waals surface area contributed by atoms with E-state index in [9.17, 15) is 4.79 Å². The van der Waals surface area contributed by atoms with Crippen molar-refractivity contribution in [3.8, 4) is 17.0 Å². The average Bonchev–Trinajstić information content (AvgIpc) is 3.17. The summed E-state index contributed by atoms with van der Waals surface area (Å²) in [6.45, 7) is 0. The number of amides is 1. The van der Waals surface area contributed by atoms with E-state index < -0.39 is 0 Å². The van der Waals surface area contributed by atoms with Gasteiger partial charge >= 0.3 is 0 Å². The Balaban J connectivity index is 1.40. The highest BCUT2D eigenvalue weighted by Crippen LogP contribution is 2.26. The third-order valence-corrected chi connectivity index (χ3v) is 5.71. The van der Waals surface area contributed by atoms with Crippen molar-refractivity contribution in [3.63, 3.8) is 0 Å². The second kappa shape index (κ2) is 10.1. The molecule has 0 bridgehead atoms. The molecule has 0 aliphatic carbocycles. The number of benzene rings is 1. The number of anilines is 1. The maximum absolute atomic E-state index is 12.1. The number of rotatable bonds is 9. The molecule has 0 aliphatic rings. The summed E-state index contributed by atoms with van der Waals surface area (Å²) in [6, 6.07) is 11.7. The van der Waals surface area contributed by atoms with Crippen LogP contribution >= 0.6 is 23.1 Å². The van der Waals surface area contributed by atoms with Gasteiger partial charge in [-0.25, -0.2) is 4.98 Å². The number of hydrogen-bond acceptors (Lipinski definition) is 6. The van der Waals surface area contributed by atoms with E-state index in [1.165, 1.54) is 16.2 Å². The van der Waals surface area contributed by atoms with Crippen molar-refractivity contribution in [1.29, 1.82) is 0 Å². The van der Waals surface area contributed by atoms with Crippen LogP contribution in [0.2, 0.25) is 0 Å². The quantitative estimate of drug-likeness (QED) is 0.400. The predicted octanol–water partition coefficient (Wildman–Crippen LogP) is 5.11. The predicted molar refractivity (Wildman–Crippen MR) is 112 cm³/mol. The van der Waals surface area contributed by atoms with Crippen LogP contribution in [-0.4, -0.2) is 28.7 Å². The van der Waals surface area contributed by atoms with Crippen molar-refractivity contribution in [2.24, 2.45) is 0 Å². The average molecular weight is 400 g/mol. The maximum Gasteiger partial charge on any atom is 0.226 e. The molecule has 0 atom stereocenters. The fourth-order valence-corrected chi connectivity index (χ4v) is 4.05. The van der Waals surface area contributed by atoms with E-state index in [1.54, 1.807) is 31.3 Å². The third-order valence-electron chi connectivity index (χ3n) is 3.85. The highest BCUT2D eigenvalue weighted by atomic mass is 32.2. The smallest absolute Gasteiger partial charge is 0.226 e. The summed E-state index contributed by atoms with van der Waals surface area (Å²) in [6.07, 6.45) is 5.96. The summed E-state index contributed by atoms with van der Waals surface area (Å²) in [7, 11) is 1.64. The van der Waals surface area contributed by atoms with Crippen LogP contribution in [0, 0.1) is 0 Å². The number of nitrogens with one attached hydrogen (secondary N) is 1. The Kier molecular flexibility index (Phi) is 7.24. The number of thiazole rings is 1. The Bertz CT molecular complexity index is 851. The lowest BCUT2D eigenvalue weighted by Crippen LogP contribution is -2.10. The fourth-order valence-electron chi connectivity index (χ4n) is 2.42. The van der Waals surface area contributed by atoms with Gasteiger partial charge in [-0.15, -0.1) is 23.1 Å². The number of aromatic nitrogens is 2. The standard InChI is InChI=1S/C20H21N3O2S2/c1-25-16-7-5-15(6-8-16)18-14-27-20(22-18)23-19(24)4-2-3-13-26-17-9-11-21-12-10-17/h5-12,14H,2-4,13H2,1H3,(H,22,23,24). The number of ether oxygens (including phenoxy) is 1. The fraction of sp³-hybridized carbons (Fsp3) is 0.250. The molecule has 2 aromatic heterocycles. The molecule has 0 saturated carbocycles. The maximum atomic E-state index is 12.1. The number of carbonyl (C=O) groups is 1. The molecule has 0 unspecified atom stereocenters. The van der Waals surface area contributed by atoms with Gasteiger partial charge < -0.3 is 10.1 Å². The first-order valence-electron chi connectivity index (χ1n) is 8.67. The number of pyridine rings is 1. The number of thioether (sulfide) groups is 1. The van der Waals surface area contributed by atoms with Gasteiger partial charge in [-0.3, -0.25) is 9.78 Å². The monoisotopic (exact) mass is 399 g/mol. The van der Waals surface area contributed by atoms with Crippen LogP contribution < -0.4 is 10.1 Å². The third kappa shape index (κ3) is 6.08. The Morgan fingerprint density at radius 1 is 1.15 bits per heavy atom. The summed E-state index contributed by atoms with van der Waals surface area (Å²) in [4.78, 5) is 21.8. The number of carbonyl (C=O) groups excluding carboxylic acids is 1. The van der Waals surface area contributed by atoms with E-state index >= 15 is 0 Å². The Hall–Kier alpha value is -2.38. The van der Waals surface area contributed by atoms with Gasteiger partial charge in [0.25, 0.3) is 0 Å². The molecule has 1 N–H and O–H groups in total. The molecule has 1 aromatic carbocycles. The SMILES string of the molecule is COc1ccc(-c2csc(NC(=O)CCCCSc3ccncc3)n2)cc1. The highest BCUT2D eigenvalue weighted by molar-refractivity contribution is 7.99. The number of methoxy groups -OCH3 is 1. The molecule has 27 heavy (non-hydrogen) atoms. The van der Waals surface area contributed by atoms with E-state index in [0.29, 0.717) is 11.6 Å². The number of hydrogen-bond donors (Lipinski definition) is 1. The van der Waals surface area contributed by atoms with E-state index in [0.717, 1.165) is 35.6 Å². The van der Waals surface area contributed by atoms with Crippen molar-refractivity contribution < 1.29 is 9.53 Å². The molecular weight excluding hydrogens is 378 g/mol. The lowest BCUT2D eigenvalue weighted by molar-refractivity contribution is -0.116. The summed E-state index contributed by atoms with van der Waals surface area (Å²) in [5.41, 5.74) is 1.85. The highest BCUT2D eigenvalue weighted by Gasteiger charge is 2.08. The van der Waals surface area contributed by atoms with Gasteiger partial charge in [0, 0.05) is 34.7 Å². The second-order valence-corrected chi connectivity index (χ2v) is 7.83. The molecule has 2 heterocycles. The molecule has 0 saturated heterocycles. The zero-order chi connectivity index (χ0) is 18.9. The first-order chi connectivity index (χ1) is 13.2. The molecule has 0 radical (unpaired) electrons. The minimum Gasteiger partial charge on any atom is -0.497 e. The molecule has 3 rings (SSSR count). The van der Waals surface area contributed by atoms with Gasteiger partial charge in [-0.1, -0.05) is 0 Å². The van der Waals surface area contributed by atoms with Crippen molar-refractivity contribution >= 4 is 34.1 Å². The molecule has 1 amide bonds. The minimum absolute atomic E-state index is 0.0135. The van der Waals surface area contributed by atoms with Crippen LogP contribution in [0.15, 0.2) is 59.1 Å². The molecule has 7 heteroatoms. The molecular formula is C20H21N3O2S2. The summed E-state index contributed by atoms with van der Waals surface area (Å²) in [5.74, 6) is 1.82. The summed E-state index contributed by atoms with van der Waals surface area (Å²) < 4.78 is 5.16. The van der Waals surface area contributed by atoms with E-state index in [2.05, 4.69) is 15.3 Å². The molecule has 3 aromatic rings. The summed E-state index contributed by atoms with van der Waals surface area (Å²) >= 11 is 3.23. The van der Waals surface area contributed by atoms with E-state index in [1.807, 2.05) is 41.8 Å². The van der Waals surface area contributed by atoms with Crippen molar-refractivity contribution in [2.45, 2.75) is 24.2 Å². The number of unbranched alkanes of at least 4 members (excludes halogenated alkanes) is 1. The minimum atomic E-state index is 0.0135. The zero-order valence-corrected chi connectivity index (χ0v) is 16.7. The van der Waals surface area contributed by atoms with Crippen LogP contribution in [0.4, 0.5) is 5.13 Å². The van der Waals surface area contributed by atoms with Crippen LogP contribution in [0.5, 0.6) is 5.75 Å². The van der Waals surface area contributed by atoms with Crippen molar-refractivity contribution in [2.75, 3.05) is 18.2 Å². The Morgan fingerprint density at radius 3 is 2.67 bits per heavy atom. The summed E-state index contributed by atoms with van der Waals surface area (Å²) in [5, 5.41) is 5.48. The molecule has 140 valence electrons. The lowest BCUT2D eigenvalue weighted by atomic mass is 10.2. The largest absolute Gasteiger partial charge is 0.497 e. The topological polar surface area (TPSA) is 64.1 Å². The zero-order valence-electron chi connectivity index (χ0n) is 15.1. The van der Waals surface area contributed by atoms with Gasteiger partial charge in [0.05, 0.1) is 12.8 Å². The van der Waals surface area contributed by atoms with Crippen LogP contribution in [0.25, 0.3) is 11.3 Å². The first-order valence-corrected chi connectivity index (χ1v) is 10.5. The molecule has 0 spiro atoms. The first kappa shape index (κ1) is 19.4. The van der Waals surface area contributed by atoms with Crippen molar-refractivity contribution in [1.82, 2.24) is 9.97 Å². The molecule has 5 nitrogen and oxygen atoms in total. The van der Waals surface area contributed by atoms with Crippen LogP contribution in [0.1, 0.15) is 19.3 Å². The second-order valence-electron chi connectivity index (χ2n) is 5.80. The van der Waals surface area contributed by atoms with Gasteiger partial charge in [0.1, 0.15) is 5.75 Å². The Morgan fingerprint density at radius 2 is 1.93 bits per heavy atom. The van der Waals surface area contributed by atoms with E-state index in [4.69, 9.17) is 4.74 Å². The lowest BCUT2D eigenvalue weighted by Gasteiger charge is -2.03.